The molecule has 1 unspecified atom stereocenters. The van der Waals surface area contributed by atoms with Crippen LogP contribution in [0.2, 0.25) is 0 Å². The van der Waals surface area contributed by atoms with Crippen molar-refractivity contribution in [3.63, 3.8) is 0 Å². The maximum absolute atomic E-state index is 8.99. The van der Waals surface area contributed by atoms with Crippen molar-refractivity contribution in [2.75, 3.05) is 19.8 Å². The monoisotopic (exact) mass is 403 g/mol. The summed E-state index contributed by atoms with van der Waals surface area (Å²) in [7, 11) is 0. The topological polar surface area (TPSA) is 58.4 Å². The summed E-state index contributed by atoms with van der Waals surface area (Å²) < 4.78 is 11.4. The first-order valence-corrected chi connectivity index (χ1v) is 10.7. The average Bonchev–Trinajstić information content (AvgIpc) is 3.43. The number of nitrogens with zero attached hydrogens (tertiary/aromatic N) is 3. The summed E-state index contributed by atoms with van der Waals surface area (Å²) in [5.41, 5.74) is 3.65. The van der Waals surface area contributed by atoms with E-state index in [0.717, 1.165) is 41.6 Å². The minimum absolute atomic E-state index is 0.405. The molecule has 0 bridgehead atoms. The van der Waals surface area contributed by atoms with Gasteiger partial charge in [0, 0.05) is 18.2 Å². The van der Waals surface area contributed by atoms with E-state index in [1.54, 1.807) is 6.20 Å². The molecule has 3 aromatic rings. The Morgan fingerprint density at radius 2 is 1.93 bits per heavy atom. The zero-order valence-electron chi connectivity index (χ0n) is 16.0. The van der Waals surface area contributed by atoms with Gasteiger partial charge < -0.3 is 9.47 Å². The van der Waals surface area contributed by atoms with Crippen LogP contribution in [0.15, 0.2) is 48.7 Å². The fraction of sp³-hybridized carbons (Fsp3) is 0.304. The molecule has 2 aliphatic rings. The molecule has 5 rings (SSSR count). The predicted molar refractivity (Wildman–Crippen MR) is 112 cm³/mol. The lowest BCUT2D eigenvalue weighted by Crippen LogP contribution is -2.23. The van der Waals surface area contributed by atoms with Gasteiger partial charge in [-0.1, -0.05) is 30.3 Å². The third kappa shape index (κ3) is 3.71. The van der Waals surface area contributed by atoms with Crippen molar-refractivity contribution in [2.45, 2.75) is 25.4 Å². The standard InChI is InChI=1S/C23H21N3O2S/c24-13-19-14-25-23(29-19)17-5-3-16(4-6-17)15-26-9-1-2-20(26)18-7-8-21-22(12-18)28-11-10-27-21/h3-8,12,14,20H,1-2,9-11,15H2. The number of benzene rings is 2. The molecular formula is C23H21N3O2S. The van der Waals surface area contributed by atoms with Crippen molar-refractivity contribution in [1.29, 1.82) is 5.26 Å². The molecule has 0 aliphatic carbocycles. The Morgan fingerprint density at radius 3 is 2.72 bits per heavy atom. The SMILES string of the molecule is N#Cc1cnc(-c2ccc(CN3CCCC3c3ccc4c(c3)OCCO4)cc2)s1. The number of thiazole rings is 1. The Bertz CT molecular complexity index is 1050. The molecule has 2 aliphatic heterocycles. The van der Waals surface area contributed by atoms with Gasteiger partial charge in [0.25, 0.3) is 0 Å². The first-order chi connectivity index (χ1) is 14.3. The fourth-order valence-corrected chi connectivity index (χ4v) is 4.83. The van der Waals surface area contributed by atoms with Crippen molar-refractivity contribution < 1.29 is 9.47 Å². The Kier molecular flexibility index (Phi) is 4.92. The zero-order chi connectivity index (χ0) is 19.6. The summed E-state index contributed by atoms with van der Waals surface area (Å²) in [4.78, 5) is 7.52. The molecule has 0 saturated carbocycles. The van der Waals surface area contributed by atoms with E-state index < -0.39 is 0 Å². The van der Waals surface area contributed by atoms with E-state index >= 15 is 0 Å². The number of likely N-dealkylation sites (tertiary alicyclic amines) is 1. The van der Waals surface area contributed by atoms with Crippen LogP contribution in [0, 0.1) is 11.3 Å². The highest BCUT2D eigenvalue weighted by Crippen LogP contribution is 2.38. The van der Waals surface area contributed by atoms with Gasteiger partial charge in [0.2, 0.25) is 0 Å². The third-order valence-electron chi connectivity index (χ3n) is 5.52. The van der Waals surface area contributed by atoms with Gasteiger partial charge in [-0.2, -0.15) is 5.26 Å². The van der Waals surface area contributed by atoms with Crippen molar-refractivity contribution in [1.82, 2.24) is 9.88 Å². The van der Waals surface area contributed by atoms with Crippen LogP contribution in [0.3, 0.4) is 0 Å². The highest BCUT2D eigenvalue weighted by Gasteiger charge is 2.27. The molecule has 1 atom stereocenters. The van der Waals surface area contributed by atoms with E-state index in [4.69, 9.17) is 14.7 Å². The number of nitriles is 1. The predicted octanol–water partition coefficient (Wildman–Crippen LogP) is 4.79. The molecule has 0 spiro atoms. The Hall–Kier alpha value is -2.88. The van der Waals surface area contributed by atoms with Crippen LogP contribution < -0.4 is 9.47 Å². The molecule has 1 saturated heterocycles. The molecule has 1 aromatic heterocycles. The van der Waals surface area contributed by atoms with E-state index in [1.165, 1.54) is 28.9 Å². The van der Waals surface area contributed by atoms with Gasteiger partial charge in [-0.3, -0.25) is 4.90 Å². The molecule has 6 heteroatoms. The minimum atomic E-state index is 0.405. The number of rotatable bonds is 4. The first-order valence-electron chi connectivity index (χ1n) is 9.89. The second-order valence-corrected chi connectivity index (χ2v) is 8.40. The molecule has 5 nitrogen and oxygen atoms in total. The average molecular weight is 404 g/mol. The van der Waals surface area contributed by atoms with Gasteiger partial charge in [-0.05, 0) is 42.6 Å². The molecule has 29 heavy (non-hydrogen) atoms. The summed E-state index contributed by atoms with van der Waals surface area (Å²) in [6.07, 6.45) is 4.00. The molecule has 0 N–H and O–H groups in total. The van der Waals surface area contributed by atoms with E-state index in [9.17, 15) is 0 Å². The highest BCUT2D eigenvalue weighted by molar-refractivity contribution is 7.15. The molecule has 0 amide bonds. The highest BCUT2D eigenvalue weighted by atomic mass is 32.1. The molecule has 3 heterocycles. The molecule has 0 radical (unpaired) electrons. The van der Waals surface area contributed by atoms with Crippen LogP contribution in [0.1, 0.15) is 34.9 Å². The minimum Gasteiger partial charge on any atom is -0.486 e. The Balaban J connectivity index is 1.31. The van der Waals surface area contributed by atoms with Crippen molar-refractivity contribution in [3.05, 3.63) is 64.7 Å². The lowest BCUT2D eigenvalue weighted by atomic mass is 10.0. The normalized spacial score (nSPS) is 18.5. The zero-order valence-corrected chi connectivity index (χ0v) is 16.8. The van der Waals surface area contributed by atoms with Crippen LogP contribution in [0.4, 0.5) is 0 Å². The number of ether oxygens (including phenoxy) is 2. The molecular weight excluding hydrogens is 382 g/mol. The quantitative estimate of drug-likeness (QED) is 0.627. The van der Waals surface area contributed by atoms with Gasteiger partial charge >= 0.3 is 0 Å². The molecule has 1 fully saturated rings. The van der Waals surface area contributed by atoms with Crippen LogP contribution >= 0.6 is 11.3 Å². The summed E-state index contributed by atoms with van der Waals surface area (Å²) in [5.74, 6) is 1.71. The van der Waals surface area contributed by atoms with Crippen LogP contribution in [-0.2, 0) is 6.54 Å². The van der Waals surface area contributed by atoms with Crippen LogP contribution in [0.25, 0.3) is 10.6 Å². The third-order valence-corrected chi connectivity index (χ3v) is 6.47. The second-order valence-electron chi connectivity index (χ2n) is 7.37. The molecule has 2 aromatic carbocycles. The van der Waals surface area contributed by atoms with Gasteiger partial charge in [-0.25, -0.2) is 4.98 Å². The van der Waals surface area contributed by atoms with Crippen LogP contribution in [-0.4, -0.2) is 29.6 Å². The number of hydrogen-bond acceptors (Lipinski definition) is 6. The second kappa shape index (κ2) is 7.86. The largest absolute Gasteiger partial charge is 0.486 e. The van der Waals surface area contributed by atoms with Crippen LogP contribution in [0.5, 0.6) is 11.5 Å². The fourth-order valence-electron chi connectivity index (χ4n) is 4.11. The lowest BCUT2D eigenvalue weighted by Gasteiger charge is -2.26. The van der Waals surface area contributed by atoms with Gasteiger partial charge in [-0.15, -0.1) is 11.3 Å². The van der Waals surface area contributed by atoms with Crippen molar-refractivity contribution >= 4 is 11.3 Å². The first kappa shape index (κ1) is 18.2. The van der Waals surface area contributed by atoms with E-state index in [0.29, 0.717) is 24.1 Å². The van der Waals surface area contributed by atoms with E-state index in [2.05, 4.69) is 52.4 Å². The summed E-state index contributed by atoms with van der Waals surface area (Å²) in [5, 5.41) is 9.88. The molecule has 146 valence electrons. The summed E-state index contributed by atoms with van der Waals surface area (Å²) in [6, 6.07) is 17.5. The van der Waals surface area contributed by atoms with E-state index in [1.807, 2.05) is 6.07 Å². The maximum atomic E-state index is 8.99. The number of fused-ring (bicyclic) bond motifs is 1. The Labute approximate surface area is 174 Å². The van der Waals surface area contributed by atoms with Gasteiger partial charge in [0.15, 0.2) is 11.5 Å². The van der Waals surface area contributed by atoms with E-state index in [-0.39, 0.29) is 0 Å². The Morgan fingerprint density at radius 1 is 1.10 bits per heavy atom. The lowest BCUT2D eigenvalue weighted by molar-refractivity contribution is 0.170. The number of aromatic nitrogens is 1. The van der Waals surface area contributed by atoms with Gasteiger partial charge in [0.05, 0.1) is 6.20 Å². The van der Waals surface area contributed by atoms with Gasteiger partial charge in [0.1, 0.15) is 29.2 Å². The van der Waals surface area contributed by atoms with Crippen molar-refractivity contribution in [2.24, 2.45) is 0 Å². The van der Waals surface area contributed by atoms with Crippen molar-refractivity contribution in [3.8, 4) is 28.1 Å². The summed E-state index contributed by atoms with van der Waals surface area (Å²) in [6.45, 7) is 3.25. The summed E-state index contributed by atoms with van der Waals surface area (Å²) >= 11 is 1.43. The number of hydrogen-bond donors (Lipinski definition) is 0. The smallest absolute Gasteiger partial charge is 0.161 e. The maximum Gasteiger partial charge on any atom is 0.161 e.